The van der Waals surface area contributed by atoms with Crippen LogP contribution in [0.4, 0.5) is 16.3 Å². The number of amides is 2. The largest absolute Gasteiger partial charge is 0.360 e. The van der Waals surface area contributed by atoms with E-state index in [1.165, 1.54) is 0 Å². The number of carbonyl (C=O) groups is 1. The van der Waals surface area contributed by atoms with Gasteiger partial charge in [0.15, 0.2) is 5.82 Å². The minimum atomic E-state index is -0.787. The molecule has 3 unspecified atom stereocenters. The van der Waals surface area contributed by atoms with Gasteiger partial charge in [-0.1, -0.05) is 0 Å². The van der Waals surface area contributed by atoms with Crippen molar-refractivity contribution in [3.05, 3.63) is 11.8 Å². The first kappa shape index (κ1) is 16.2. The van der Waals surface area contributed by atoms with E-state index in [-0.39, 0.29) is 16.5 Å². The molecule has 1 N–H and O–H groups in total. The highest BCUT2D eigenvalue weighted by Crippen LogP contribution is 2.30. The summed E-state index contributed by atoms with van der Waals surface area (Å²) in [6.45, 7) is 3.08. The number of anilines is 2. The molecule has 3 rings (SSSR count). The lowest BCUT2D eigenvalue weighted by Gasteiger charge is -2.25. The molecule has 126 valence electrons. The maximum atomic E-state index is 12.6. The molecule has 1 aromatic rings. The first-order valence-electron chi connectivity index (χ1n) is 7.92. The van der Waals surface area contributed by atoms with Gasteiger partial charge < -0.3 is 15.1 Å². The summed E-state index contributed by atoms with van der Waals surface area (Å²) >= 11 is 0. The smallest absolute Gasteiger partial charge is 0.321 e. The van der Waals surface area contributed by atoms with E-state index in [4.69, 9.17) is 0 Å². The molecule has 3 atom stereocenters. The van der Waals surface area contributed by atoms with E-state index in [0.29, 0.717) is 24.6 Å². The Balaban J connectivity index is 1.75. The van der Waals surface area contributed by atoms with E-state index in [9.17, 15) is 9.00 Å². The van der Waals surface area contributed by atoms with Crippen molar-refractivity contribution in [3.8, 4) is 0 Å². The van der Waals surface area contributed by atoms with Crippen LogP contribution in [0.1, 0.15) is 25.0 Å². The second-order valence-electron chi connectivity index (χ2n) is 6.43. The number of carbonyl (C=O) groups excluding carboxylic acids is 1. The Morgan fingerprint density at radius 3 is 2.78 bits per heavy atom. The van der Waals surface area contributed by atoms with E-state index < -0.39 is 10.8 Å². The zero-order valence-electron chi connectivity index (χ0n) is 13.8. The van der Waals surface area contributed by atoms with Crippen LogP contribution in [0, 0.1) is 6.92 Å². The third kappa shape index (κ3) is 3.31. The van der Waals surface area contributed by atoms with Crippen molar-refractivity contribution in [2.75, 3.05) is 37.4 Å². The fourth-order valence-corrected chi connectivity index (χ4v) is 5.17. The van der Waals surface area contributed by atoms with Gasteiger partial charge >= 0.3 is 6.03 Å². The van der Waals surface area contributed by atoms with Crippen LogP contribution in [0.2, 0.25) is 0 Å². The summed E-state index contributed by atoms with van der Waals surface area (Å²) in [5, 5.41) is 11.5. The molecule has 23 heavy (non-hydrogen) atoms. The number of nitrogens with zero attached hydrogens (tertiary/aromatic N) is 4. The Morgan fingerprint density at radius 2 is 2.04 bits per heavy atom. The highest BCUT2D eigenvalue weighted by atomic mass is 32.2. The molecule has 2 saturated heterocycles. The van der Waals surface area contributed by atoms with E-state index in [2.05, 4.69) is 15.5 Å². The molecule has 0 radical (unpaired) electrons. The highest BCUT2D eigenvalue weighted by Gasteiger charge is 2.38. The van der Waals surface area contributed by atoms with Gasteiger partial charge in [0, 0.05) is 43.2 Å². The molecule has 2 aliphatic rings. The molecule has 3 heterocycles. The fourth-order valence-electron chi connectivity index (χ4n) is 3.22. The van der Waals surface area contributed by atoms with Crippen LogP contribution in [0.15, 0.2) is 6.07 Å². The molecule has 0 spiro atoms. The van der Waals surface area contributed by atoms with E-state index in [0.717, 1.165) is 25.0 Å². The van der Waals surface area contributed by atoms with Crippen molar-refractivity contribution in [3.63, 3.8) is 0 Å². The lowest BCUT2D eigenvalue weighted by atomic mass is 10.1. The normalized spacial score (nSPS) is 26.7. The van der Waals surface area contributed by atoms with Crippen LogP contribution in [0.3, 0.4) is 0 Å². The van der Waals surface area contributed by atoms with E-state index >= 15 is 0 Å². The summed E-state index contributed by atoms with van der Waals surface area (Å²) in [6.07, 6.45) is 2.82. The lowest BCUT2D eigenvalue weighted by Crippen LogP contribution is -2.40. The molecule has 2 fully saturated rings. The SMILES string of the molecule is Cc1cc(NC(=O)N2CCC3CCC(C2)S3=O)c(N(C)C)nn1. The predicted molar refractivity (Wildman–Crippen MR) is 91.3 cm³/mol. The molecule has 0 aromatic carbocycles. The van der Waals surface area contributed by atoms with Gasteiger partial charge in [0.25, 0.3) is 0 Å². The van der Waals surface area contributed by atoms with Crippen LogP contribution in [0.25, 0.3) is 0 Å². The van der Waals surface area contributed by atoms with Gasteiger partial charge in [-0.15, -0.1) is 5.10 Å². The third-order valence-electron chi connectivity index (χ3n) is 4.46. The van der Waals surface area contributed by atoms with Gasteiger partial charge in [-0.3, -0.25) is 4.21 Å². The van der Waals surface area contributed by atoms with Gasteiger partial charge in [-0.05, 0) is 32.3 Å². The van der Waals surface area contributed by atoms with Crippen LogP contribution in [-0.2, 0) is 10.8 Å². The molecule has 0 aliphatic carbocycles. The van der Waals surface area contributed by atoms with Gasteiger partial charge in [0.1, 0.15) is 0 Å². The van der Waals surface area contributed by atoms with Crippen LogP contribution in [0.5, 0.6) is 0 Å². The second kappa shape index (κ2) is 6.43. The monoisotopic (exact) mass is 337 g/mol. The topological polar surface area (TPSA) is 78.4 Å². The zero-order valence-corrected chi connectivity index (χ0v) is 14.6. The molecular formula is C15H23N5O2S. The van der Waals surface area contributed by atoms with Crippen molar-refractivity contribution in [2.45, 2.75) is 36.7 Å². The number of urea groups is 1. The number of nitrogens with one attached hydrogen (secondary N) is 1. The van der Waals surface area contributed by atoms with E-state index in [1.807, 2.05) is 32.0 Å². The van der Waals surface area contributed by atoms with Crippen LogP contribution >= 0.6 is 0 Å². The summed E-state index contributed by atoms with van der Waals surface area (Å²) < 4.78 is 12.2. The average Bonchev–Trinajstić information content (AvgIpc) is 2.71. The van der Waals surface area contributed by atoms with Crippen molar-refractivity contribution in [1.29, 1.82) is 0 Å². The number of likely N-dealkylation sites (tertiary alicyclic amines) is 1. The molecule has 1 aromatic heterocycles. The molecular weight excluding hydrogens is 314 g/mol. The number of fused-ring (bicyclic) bond motifs is 2. The van der Waals surface area contributed by atoms with Crippen molar-refractivity contribution >= 4 is 28.3 Å². The zero-order chi connectivity index (χ0) is 16.6. The molecule has 8 heteroatoms. The van der Waals surface area contributed by atoms with Gasteiger partial charge in [-0.2, -0.15) is 5.10 Å². The van der Waals surface area contributed by atoms with Gasteiger partial charge in [-0.25, -0.2) is 4.79 Å². The third-order valence-corrected chi connectivity index (χ3v) is 6.63. The summed E-state index contributed by atoms with van der Waals surface area (Å²) in [7, 11) is 2.94. The number of aromatic nitrogens is 2. The van der Waals surface area contributed by atoms with Crippen LogP contribution in [-0.4, -0.2) is 63.0 Å². The Hall–Kier alpha value is -1.70. The summed E-state index contributed by atoms with van der Waals surface area (Å²) in [6, 6.07) is 1.67. The first-order chi connectivity index (χ1) is 11.0. The quantitative estimate of drug-likeness (QED) is 0.882. The number of rotatable bonds is 2. The minimum Gasteiger partial charge on any atom is -0.360 e. The van der Waals surface area contributed by atoms with Crippen molar-refractivity contribution in [2.24, 2.45) is 0 Å². The average molecular weight is 337 g/mol. The summed E-state index contributed by atoms with van der Waals surface area (Å²) in [5.41, 5.74) is 1.41. The molecule has 2 aliphatic heterocycles. The highest BCUT2D eigenvalue weighted by molar-refractivity contribution is 7.86. The fraction of sp³-hybridized carbons (Fsp3) is 0.667. The number of aryl methyl sites for hydroxylation is 1. The Bertz CT molecular complexity index is 636. The molecule has 7 nitrogen and oxygen atoms in total. The molecule has 2 amide bonds. The maximum absolute atomic E-state index is 12.6. The Morgan fingerprint density at radius 1 is 1.30 bits per heavy atom. The van der Waals surface area contributed by atoms with Gasteiger partial charge in [0.2, 0.25) is 0 Å². The van der Waals surface area contributed by atoms with Crippen molar-refractivity contribution < 1.29 is 9.00 Å². The van der Waals surface area contributed by atoms with Crippen molar-refractivity contribution in [1.82, 2.24) is 15.1 Å². The number of hydrogen-bond acceptors (Lipinski definition) is 5. The summed E-state index contributed by atoms with van der Waals surface area (Å²) in [5.74, 6) is 0.629. The lowest BCUT2D eigenvalue weighted by molar-refractivity contribution is 0.209. The van der Waals surface area contributed by atoms with Gasteiger partial charge in [0.05, 0.1) is 16.6 Å². The standard InChI is InChI=1S/C15H23N5O2S/c1-10-8-13(14(18-17-10)19(2)3)16-15(21)20-7-6-11-4-5-12(9-20)23(11)22/h8,11-12H,4-7,9H2,1-3H3,(H,16,17,21). The first-order valence-corrected chi connectivity index (χ1v) is 9.20. The second-order valence-corrected chi connectivity index (χ2v) is 8.42. The minimum absolute atomic E-state index is 0.124. The molecule has 0 saturated carbocycles. The Labute approximate surface area is 138 Å². The molecule has 2 bridgehead atoms. The van der Waals surface area contributed by atoms with E-state index in [1.54, 1.807) is 4.90 Å². The predicted octanol–water partition coefficient (Wildman–Crippen LogP) is 1.37. The Kier molecular flexibility index (Phi) is 4.52. The maximum Gasteiger partial charge on any atom is 0.321 e. The van der Waals surface area contributed by atoms with Crippen LogP contribution < -0.4 is 10.2 Å². The number of hydrogen-bond donors (Lipinski definition) is 1. The summed E-state index contributed by atoms with van der Waals surface area (Å²) in [4.78, 5) is 16.2.